The molecule has 1 nitrogen and oxygen atoms in total. The first-order valence-electron chi connectivity index (χ1n) is 3.87. The molecule has 10 heavy (non-hydrogen) atoms. The van der Waals surface area contributed by atoms with Crippen molar-refractivity contribution in [2.24, 2.45) is 0 Å². The molecule has 2 heteroatoms. The second-order valence-electron chi connectivity index (χ2n) is 2.71. The van der Waals surface area contributed by atoms with Crippen LogP contribution >= 0.6 is 0 Å². The van der Waals surface area contributed by atoms with Crippen molar-refractivity contribution < 1.29 is 0 Å². The highest BCUT2D eigenvalue weighted by atomic mass is 28.3. The average molecular weight is 153 g/mol. The van der Waals surface area contributed by atoms with Crippen molar-refractivity contribution in [3.8, 4) is 0 Å². The van der Waals surface area contributed by atoms with Gasteiger partial charge in [0.05, 0.1) is 0 Å². The Morgan fingerprint density at radius 2 is 1.60 bits per heavy atom. The molecular formula is C8H15NSi. The van der Waals surface area contributed by atoms with E-state index in [1.807, 2.05) is 0 Å². The van der Waals surface area contributed by atoms with E-state index in [0.717, 1.165) is 0 Å². The molecule has 1 heterocycles. The third kappa shape index (κ3) is 1.58. The maximum Gasteiger partial charge on any atom is 0.160 e. The summed E-state index contributed by atoms with van der Waals surface area (Å²) < 4.78 is 2.54. The maximum absolute atomic E-state index is 3.83. The first-order chi connectivity index (χ1) is 4.88. The van der Waals surface area contributed by atoms with Crippen molar-refractivity contribution in [2.75, 3.05) is 13.1 Å². The zero-order chi connectivity index (χ0) is 7.40. The fourth-order valence-corrected chi connectivity index (χ4v) is 3.18. The van der Waals surface area contributed by atoms with E-state index in [0.29, 0.717) is 0 Å². The van der Waals surface area contributed by atoms with Crippen LogP contribution in [0.5, 0.6) is 0 Å². The number of hydrogen-bond acceptors (Lipinski definition) is 1. The largest absolute Gasteiger partial charge is 0.320 e. The molecular weight excluding hydrogens is 138 g/mol. The fourth-order valence-electron chi connectivity index (χ4n) is 1.43. The van der Waals surface area contributed by atoms with Crippen LogP contribution in [0.25, 0.3) is 0 Å². The molecule has 0 atom stereocenters. The lowest BCUT2D eigenvalue weighted by Crippen LogP contribution is -2.33. The second kappa shape index (κ2) is 3.74. The van der Waals surface area contributed by atoms with E-state index in [2.05, 4.69) is 29.1 Å². The topological polar surface area (TPSA) is 3.24 Å². The first-order valence-corrected chi connectivity index (χ1v) is 5.72. The molecule has 0 bridgehead atoms. The number of nitrogens with zero attached hydrogens (tertiary/aromatic N) is 1. The predicted molar refractivity (Wildman–Crippen MR) is 48.4 cm³/mol. The van der Waals surface area contributed by atoms with Gasteiger partial charge in [0.2, 0.25) is 0 Å². The van der Waals surface area contributed by atoms with Crippen molar-refractivity contribution in [1.82, 2.24) is 4.57 Å². The molecule has 0 unspecified atom stereocenters. The van der Waals surface area contributed by atoms with Crippen LogP contribution in [0.2, 0.25) is 0 Å². The van der Waals surface area contributed by atoms with Crippen LogP contribution in [0.3, 0.4) is 0 Å². The smallest absolute Gasteiger partial charge is 0.160 e. The van der Waals surface area contributed by atoms with Gasteiger partial charge in [0.15, 0.2) is 8.96 Å². The molecule has 1 aliphatic rings. The molecule has 0 aliphatic carbocycles. The summed E-state index contributed by atoms with van der Waals surface area (Å²) >= 11 is 0. The first kappa shape index (κ1) is 7.76. The minimum Gasteiger partial charge on any atom is -0.320 e. The summed E-state index contributed by atoms with van der Waals surface area (Å²) in [5.74, 6) is 0. The Bertz CT molecular complexity index is 119. The molecule has 0 saturated carbocycles. The average Bonchev–Trinajstić information content (AvgIpc) is 2.43. The Morgan fingerprint density at radius 3 is 2.00 bits per heavy atom. The van der Waals surface area contributed by atoms with Gasteiger partial charge in [0.1, 0.15) is 0 Å². The van der Waals surface area contributed by atoms with Gasteiger partial charge in [-0.2, -0.15) is 0 Å². The third-order valence-electron chi connectivity index (χ3n) is 2.05. The van der Waals surface area contributed by atoms with Gasteiger partial charge in [-0.3, -0.25) is 0 Å². The van der Waals surface area contributed by atoms with E-state index in [1.54, 1.807) is 0 Å². The Kier molecular flexibility index (Phi) is 2.90. The van der Waals surface area contributed by atoms with Gasteiger partial charge in [0.25, 0.3) is 0 Å². The van der Waals surface area contributed by atoms with Gasteiger partial charge in [0, 0.05) is 0 Å². The van der Waals surface area contributed by atoms with Crippen LogP contribution in [-0.4, -0.2) is 26.6 Å². The monoisotopic (exact) mass is 153 g/mol. The SMILES string of the molecule is C=C[SiH](C=C)N1CCCC1. The molecule has 1 aliphatic heterocycles. The van der Waals surface area contributed by atoms with Crippen LogP contribution < -0.4 is 0 Å². The van der Waals surface area contributed by atoms with E-state index in [1.165, 1.54) is 25.9 Å². The Balaban J connectivity index is 2.43. The molecule has 1 fully saturated rings. The van der Waals surface area contributed by atoms with Crippen molar-refractivity contribution in [3.05, 3.63) is 24.6 Å². The molecule has 0 aromatic rings. The molecule has 1 rings (SSSR count). The van der Waals surface area contributed by atoms with Crippen LogP contribution in [0.4, 0.5) is 0 Å². The van der Waals surface area contributed by atoms with Gasteiger partial charge in [-0.25, -0.2) is 0 Å². The van der Waals surface area contributed by atoms with E-state index >= 15 is 0 Å². The quantitative estimate of drug-likeness (QED) is 0.552. The molecule has 1 saturated heterocycles. The van der Waals surface area contributed by atoms with Gasteiger partial charge < -0.3 is 4.57 Å². The lowest BCUT2D eigenvalue weighted by atomic mass is 10.4. The normalized spacial score (nSPS) is 19.7. The summed E-state index contributed by atoms with van der Waals surface area (Å²) in [6.45, 7) is 10.2. The molecule has 0 N–H and O–H groups in total. The predicted octanol–water partition coefficient (Wildman–Crippen LogP) is 1.26. The fraction of sp³-hybridized carbons (Fsp3) is 0.500. The molecule has 0 aromatic carbocycles. The Labute approximate surface area is 64.7 Å². The summed E-state index contributed by atoms with van der Waals surface area (Å²) in [4.78, 5) is 0. The van der Waals surface area contributed by atoms with Crippen LogP contribution in [-0.2, 0) is 0 Å². The lowest BCUT2D eigenvalue weighted by molar-refractivity contribution is 0.547. The number of rotatable bonds is 3. The van der Waals surface area contributed by atoms with E-state index < -0.39 is 8.96 Å². The van der Waals surface area contributed by atoms with Crippen molar-refractivity contribution >= 4 is 8.96 Å². The summed E-state index contributed by atoms with van der Waals surface area (Å²) in [7, 11) is -0.883. The summed E-state index contributed by atoms with van der Waals surface area (Å²) in [6, 6.07) is 0. The van der Waals surface area contributed by atoms with E-state index in [-0.39, 0.29) is 0 Å². The lowest BCUT2D eigenvalue weighted by Gasteiger charge is -2.18. The zero-order valence-electron chi connectivity index (χ0n) is 6.42. The van der Waals surface area contributed by atoms with Crippen molar-refractivity contribution in [2.45, 2.75) is 12.8 Å². The van der Waals surface area contributed by atoms with Gasteiger partial charge in [-0.05, 0) is 25.9 Å². The van der Waals surface area contributed by atoms with Gasteiger partial charge in [-0.1, -0.05) is 11.4 Å². The minimum absolute atomic E-state index is 0.883. The highest BCUT2D eigenvalue weighted by Crippen LogP contribution is 2.09. The highest BCUT2D eigenvalue weighted by molar-refractivity contribution is 6.66. The Morgan fingerprint density at radius 1 is 1.10 bits per heavy atom. The highest BCUT2D eigenvalue weighted by Gasteiger charge is 2.17. The van der Waals surface area contributed by atoms with Crippen LogP contribution in [0, 0.1) is 0 Å². The van der Waals surface area contributed by atoms with Gasteiger partial charge in [-0.15, -0.1) is 13.2 Å². The van der Waals surface area contributed by atoms with Crippen LogP contribution in [0.1, 0.15) is 12.8 Å². The van der Waals surface area contributed by atoms with E-state index in [4.69, 9.17) is 0 Å². The third-order valence-corrected chi connectivity index (χ3v) is 4.37. The zero-order valence-corrected chi connectivity index (χ0v) is 7.58. The van der Waals surface area contributed by atoms with Crippen LogP contribution in [0.15, 0.2) is 24.6 Å². The standard InChI is InChI=1S/C8H15NSi/c1-3-10(4-2)9-7-5-6-8-9/h3-4,10H,1-2,5-8H2. The Hall–Kier alpha value is -0.343. The molecule has 0 radical (unpaired) electrons. The maximum atomic E-state index is 3.83. The van der Waals surface area contributed by atoms with Crippen molar-refractivity contribution in [3.63, 3.8) is 0 Å². The molecule has 56 valence electrons. The summed E-state index contributed by atoms with van der Waals surface area (Å²) in [6.07, 6.45) is 2.73. The van der Waals surface area contributed by atoms with E-state index in [9.17, 15) is 0 Å². The minimum atomic E-state index is -0.883. The summed E-state index contributed by atoms with van der Waals surface area (Å²) in [5, 5.41) is 0. The van der Waals surface area contributed by atoms with Gasteiger partial charge >= 0.3 is 0 Å². The number of hydrogen-bond donors (Lipinski definition) is 0. The second-order valence-corrected chi connectivity index (χ2v) is 5.36. The molecule has 0 aromatic heterocycles. The molecule has 0 spiro atoms. The summed E-state index contributed by atoms with van der Waals surface area (Å²) in [5.41, 5.74) is 4.19. The van der Waals surface area contributed by atoms with Crippen molar-refractivity contribution in [1.29, 1.82) is 0 Å². The molecule has 0 amide bonds.